The predicted molar refractivity (Wildman–Crippen MR) is 66.1 cm³/mol. The molecule has 0 aromatic heterocycles. The van der Waals surface area contributed by atoms with E-state index < -0.39 is 6.04 Å². The average Bonchev–Trinajstić information content (AvgIpc) is 2.21. The van der Waals surface area contributed by atoms with Crippen molar-refractivity contribution < 1.29 is 9.53 Å². The summed E-state index contributed by atoms with van der Waals surface area (Å²) in [5.41, 5.74) is 5.70. The third kappa shape index (κ3) is 7.65. The maximum absolute atomic E-state index is 11.5. The average molecular weight is 230 g/mol. The first-order valence-electron chi connectivity index (χ1n) is 6.10. The summed E-state index contributed by atoms with van der Waals surface area (Å²) in [6.07, 6.45) is 2.18. The molecule has 0 spiro atoms. The van der Waals surface area contributed by atoms with Gasteiger partial charge in [0.25, 0.3) is 0 Å². The van der Waals surface area contributed by atoms with E-state index >= 15 is 0 Å². The van der Waals surface area contributed by atoms with Gasteiger partial charge in [0.05, 0.1) is 12.1 Å². The van der Waals surface area contributed by atoms with E-state index in [1.807, 2.05) is 27.7 Å². The molecular formula is C12H26N2O2. The van der Waals surface area contributed by atoms with Crippen LogP contribution in [0.15, 0.2) is 0 Å². The highest BCUT2D eigenvalue weighted by Gasteiger charge is 2.15. The van der Waals surface area contributed by atoms with Crippen LogP contribution in [-0.2, 0) is 9.53 Å². The summed E-state index contributed by atoms with van der Waals surface area (Å²) in [7, 11) is 0. The predicted octanol–water partition coefficient (Wildman–Crippen LogP) is 1.29. The first kappa shape index (κ1) is 15.4. The van der Waals surface area contributed by atoms with Crippen molar-refractivity contribution >= 4 is 5.91 Å². The second-order valence-corrected chi connectivity index (χ2v) is 4.69. The van der Waals surface area contributed by atoms with Crippen LogP contribution in [0.25, 0.3) is 0 Å². The summed E-state index contributed by atoms with van der Waals surface area (Å²) in [4.78, 5) is 11.5. The van der Waals surface area contributed by atoms with Gasteiger partial charge in [0.1, 0.15) is 0 Å². The number of carbonyl (C=O) groups excluding carboxylic acids is 1. The second kappa shape index (κ2) is 8.53. The van der Waals surface area contributed by atoms with E-state index in [-0.39, 0.29) is 17.9 Å². The molecule has 4 heteroatoms. The van der Waals surface area contributed by atoms with Crippen LogP contribution in [0.4, 0.5) is 0 Å². The number of carbonyl (C=O) groups is 1. The van der Waals surface area contributed by atoms with Gasteiger partial charge in [-0.3, -0.25) is 4.79 Å². The minimum absolute atomic E-state index is 0.0558. The van der Waals surface area contributed by atoms with Crippen molar-refractivity contribution in [2.45, 2.75) is 52.7 Å². The maximum atomic E-state index is 11.5. The smallest absolute Gasteiger partial charge is 0.237 e. The summed E-state index contributed by atoms with van der Waals surface area (Å²) in [6, 6.07) is -0.396. The van der Waals surface area contributed by atoms with Crippen LogP contribution in [0.3, 0.4) is 0 Å². The quantitative estimate of drug-likeness (QED) is 0.618. The van der Waals surface area contributed by atoms with Crippen molar-refractivity contribution in [2.75, 3.05) is 13.2 Å². The second-order valence-electron chi connectivity index (χ2n) is 4.69. The lowest BCUT2D eigenvalue weighted by Gasteiger charge is -2.15. The summed E-state index contributed by atoms with van der Waals surface area (Å²) in [5.74, 6) is 0.129. The van der Waals surface area contributed by atoms with Crippen molar-refractivity contribution in [1.82, 2.24) is 5.32 Å². The van der Waals surface area contributed by atoms with Crippen LogP contribution in [-0.4, -0.2) is 31.2 Å². The third-order valence-electron chi connectivity index (χ3n) is 2.34. The zero-order valence-electron chi connectivity index (χ0n) is 11.0. The van der Waals surface area contributed by atoms with Crippen LogP contribution in [0.2, 0.25) is 0 Å². The standard InChI is InChI=1S/C12H26N2O2/c1-9(2)11(13)12(15)14-7-5-6-8-16-10(3)4/h9-11H,5-8,13H2,1-4H3,(H,14,15). The Kier molecular flexibility index (Phi) is 8.21. The van der Waals surface area contributed by atoms with E-state index in [1.54, 1.807) is 0 Å². The summed E-state index contributed by atoms with van der Waals surface area (Å²) in [5, 5.41) is 2.83. The van der Waals surface area contributed by atoms with Gasteiger partial charge in [0.2, 0.25) is 5.91 Å². The molecule has 1 unspecified atom stereocenters. The SMILES string of the molecule is CC(C)OCCCCNC(=O)C(N)C(C)C. The largest absolute Gasteiger partial charge is 0.379 e. The molecular weight excluding hydrogens is 204 g/mol. The van der Waals surface area contributed by atoms with Gasteiger partial charge >= 0.3 is 0 Å². The number of nitrogens with two attached hydrogens (primary N) is 1. The molecule has 0 aliphatic rings. The molecule has 0 radical (unpaired) electrons. The lowest BCUT2D eigenvalue weighted by atomic mass is 10.1. The van der Waals surface area contributed by atoms with E-state index in [4.69, 9.17) is 10.5 Å². The van der Waals surface area contributed by atoms with Gasteiger partial charge in [0, 0.05) is 13.2 Å². The Labute approximate surface area is 98.9 Å². The summed E-state index contributed by atoms with van der Waals surface area (Å²) < 4.78 is 5.40. The molecule has 0 rings (SSSR count). The Morgan fingerprint density at radius 2 is 1.88 bits per heavy atom. The number of hydrogen-bond donors (Lipinski definition) is 2. The van der Waals surface area contributed by atoms with Crippen LogP contribution in [0.1, 0.15) is 40.5 Å². The molecule has 0 bridgehead atoms. The van der Waals surface area contributed by atoms with Gasteiger partial charge in [-0.15, -0.1) is 0 Å². The Morgan fingerprint density at radius 3 is 2.38 bits per heavy atom. The van der Waals surface area contributed by atoms with Crippen LogP contribution >= 0.6 is 0 Å². The highest BCUT2D eigenvalue weighted by atomic mass is 16.5. The van der Waals surface area contributed by atoms with Gasteiger partial charge in [-0.2, -0.15) is 0 Å². The van der Waals surface area contributed by atoms with E-state index in [9.17, 15) is 4.79 Å². The van der Waals surface area contributed by atoms with E-state index in [0.717, 1.165) is 19.4 Å². The van der Waals surface area contributed by atoms with Gasteiger partial charge in [-0.05, 0) is 32.6 Å². The molecule has 0 aromatic rings. The molecule has 0 aliphatic heterocycles. The van der Waals surface area contributed by atoms with Gasteiger partial charge < -0.3 is 15.8 Å². The molecule has 0 fully saturated rings. The molecule has 0 saturated heterocycles. The number of amides is 1. The Bertz CT molecular complexity index is 193. The van der Waals surface area contributed by atoms with Crippen LogP contribution in [0.5, 0.6) is 0 Å². The number of hydrogen-bond acceptors (Lipinski definition) is 3. The number of rotatable bonds is 8. The van der Waals surface area contributed by atoms with E-state index in [1.165, 1.54) is 0 Å². The molecule has 1 amide bonds. The van der Waals surface area contributed by atoms with Crippen LogP contribution < -0.4 is 11.1 Å². The maximum Gasteiger partial charge on any atom is 0.237 e. The first-order valence-corrected chi connectivity index (χ1v) is 6.10. The monoisotopic (exact) mass is 230 g/mol. The summed E-state index contributed by atoms with van der Waals surface area (Å²) >= 11 is 0. The van der Waals surface area contributed by atoms with Crippen molar-refractivity contribution in [2.24, 2.45) is 11.7 Å². The third-order valence-corrected chi connectivity index (χ3v) is 2.34. The first-order chi connectivity index (χ1) is 7.45. The van der Waals surface area contributed by atoms with Crippen molar-refractivity contribution in [3.05, 3.63) is 0 Å². The number of ether oxygens (including phenoxy) is 1. The molecule has 1 atom stereocenters. The highest BCUT2D eigenvalue weighted by molar-refractivity contribution is 5.81. The van der Waals surface area contributed by atoms with Crippen molar-refractivity contribution in [3.63, 3.8) is 0 Å². The number of nitrogens with one attached hydrogen (secondary N) is 1. The fourth-order valence-corrected chi connectivity index (χ4v) is 1.18. The van der Waals surface area contributed by atoms with Crippen LogP contribution in [0, 0.1) is 5.92 Å². The molecule has 0 aliphatic carbocycles. The van der Waals surface area contributed by atoms with Crippen molar-refractivity contribution in [1.29, 1.82) is 0 Å². The van der Waals surface area contributed by atoms with Gasteiger partial charge in [-0.1, -0.05) is 13.8 Å². The Balaban J connectivity index is 3.41. The minimum Gasteiger partial charge on any atom is -0.379 e. The molecule has 0 heterocycles. The topological polar surface area (TPSA) is 64.3 Å². The zero-order valence-corrected chi connectivity index (χ0v) is 11.0. The van der Waals surface area contributed by atoms with Gasteiger partial charge in [0.15, 0.2) is 0 Å². The summed E-state index contributed by atoms with van der Waals surface area (Å²) in [6.45, 7) is 9.36. The molecule has 4 nitrogen and oxygen atoms in total. The Hall–Kier alpha value is -0.610. The normalized spacial score (nSPS) is 13.2. The lowest BCUT2D eigenvalue weighted by Crippen LogP contribution is -2.44. The van der Waals surface area contributed by atoms with E-state index in [0.29, 0.717) is 6.54 Å². The lowest BCUT2D eigenvalue weighted by molar-refractivity contribution is -0.123. The molecule has 3 N–H and O–H groups in total. The molecule has 96 valence electrons. The highest BCUT2D eigenvalue weighted by Crippen LogP contribution is 1.98. The minimum atomic E-state index is -0.396. The molecule has 0 aromatic carbocycles. The fourth-order valence-electron chi connectivity index (χ4n) is 1.18. The van der Waals surface area contributed by atoms with E-state index in [2.05, 4.69) is 5.32 Å². The molecule has 0 saturated carbocycles. The zero-order chi connectivity index (χ0) is 12.6. The molecule has 16 heavy (non-hydrogen) atoms. The Morgan fingerprint density at radius 1 is 1.25 bits per heavy atom. The number of unbranched alkanes of at least 4 members (excludes halogenated alkanes) is 1. The fraction of sp³-hybridized carbons (Fsp3) is 0.917. The van der Waals surface area contributed by atoms with Gasteiger partial charge in [-0.25, -0.2) is 0 Å². The van der Waals surface area contributed by atoms with Crippen molar-refractivity contribution in [3.8, 4) is 0 Å².